The van der Waals surface area contributed by atoms with E-state index in [9.17, 15) is 14.4 Å². The maximum absolute atomic E-state index is 12.8. The van der Waals surface area contributed by atoms with Crippen molar-refractivity contribution in [3.63, 3.8) is 0 Å². The number of hydrogen-bond acceptors (Lipinski definition) is 7. The molecular weight excluding hydrogens is 366 g/mol. The Morgan fingerprint density at radius 3 is 2.75 bits per heavy atom. The largest absolute Gasteiger partial charge is 0.495 e. The van der Waals surface area contributed by atoms with Gasteiger partial charge in [0.25, 0.3) is 5.56 Å². The van der Waals surface area contributed by atoms with Crippen molar-refractivity contribution in [3.05, 3.63) is 52.3 Å². The molecule has 28 heavy (non-hydrogen) atoms. The first-order chi connectivity index (χ1) is 13.5. The molecule has 1 N–H and O–H groups in total. The molecule has 0 fully saturated rings. The fourth-order valence-corrected chi connectivity index (χ4v) is 2.79. The minimum Gasteiger partial charge on any atom is -0.495 e. The summed E-state index contributed by atoms with van der Waals surface area (Å²) in [5, 5.41) is 2.67. The summed E-state index contributed by atoms with van der Waals surface area (Å²) in [6.45, 7) is 3.06. The van der Waals surface area contributed by atoms with Crippen molar-refractivity contribution in [2.24, 2.45) is 0 Å². The van der Waals surface area contributed by atoms with Gasteiger partial charge in [0.2, 0.25) is 11.6 Å². The van der Waals surface area contributed by atoms with E-state index in [-0.39, 0.29) is 35.6 Å². The van der Waals surface area contributed by atoms with Crippen LogP contribution in [0.4, 0.5) is 5.69 Å². The van der Waals surface area contributed by atoms with Gasteiger partial charge in [-0.25, -0.2) is 9.78 Å². The fraction of sp³-hybridized carbons (Fsp3) is 0.263. The molecule has 0 unspecified atom stereocenters. The molecule has 1 aromatic carbocycles. The Labute approximate surface area is 159 Å². The number of benzene rings is 1. The number of esters is 1. The molecule has 1 amide bonds. The third kappa shape index (κ3) is 3.59. The number of nitrogens with one attached hydrogen (secondary N) is 1. The number of furan rings is 1. The number of methoxy groups -OCH3 is 1. The number of carbonyl (C=O) groups excluding carboxylic acids is 2. The van der Waals surface area contributed by atoms with Crippen LogP contribution in [0.15, 0.2) is 39.8 Å². The third-order valence-corrected chi connectivity index (χ3v) is 4.03. The van der Waals surface area contributed by atoms with Gasteiger partial charge in [-0.2, -0.15) is 0 Å². The van der Waals surface area contributed by atoms with Crippen LogP contribution in [0, 0.1) is 6.92 Å². The van der Waals surface area contributed by atoms with E-state index in [0.717, 1.165) is 4.57 Å². The van der Waals surface area contributed by atoms with E-state index < -0.39 is 17.4 Å². The van der Waals surface area contributed by atoms with Crippen molar-refractivity contribution in [3.8, 4) is 5.75 Å². The van der Waals surface area contributed by atoms with E-state index in [1.165, 1.54) is 13.4 Å². The number of rotatable bonds is 6. The molecule has 0 aliphatic heterocycles. The normalized spacial score (nSPS) is 10.7. The van der Waals surface area contributed by atoms with Crippen LogP contribution in [-0.2, 0) is 16.1 Å². The van der Waals surface area contributed by atoms with Crippen LogP contribution in [0.2, 0.25) is 0 Å². The average Bonchev–Trinajstić information content (AvgIpc) is 3.01. The monoisotopic (exact) mass is 385 g/mol. The lowest BCUT2D eigenvalue weighted by Gasteiger charge is -2.10. The molecule has 9 heteroatoms. The number of fused-ring (bicyclic) bond motifs is 1. The molecule has 0 saturated carbocycles. The molecule has 0 saturated heterocycles. The van der Waals surface area contributed by atoms with E-state index in [2.05, 4.69) is 10.3 Å². The van der Waals surface area contributed by atoms with E-state index in [0.29, 0.717) is 11.4 Å². The molecule has 0 aliphatic carbocycles. The summed E-state index contributed by atoms with van der Waals surface area (Å²) < 4.78 is 16.7. The van der Waals surface area contributed by atoms with Gasteiger partial charge in [0, 0.05) is 0 Å². The average molecular weight is 385 g/mol. The maximum Gasteiger partial charge on any atom is 0.342 e. The van der Waals surface area contributed by atoms with Crippen molar-refractivity contribution < 1.29 is 23.5 Å². The molecule has 0 bridgehead atoms. The van der Waals surface area contributed by atoms with E-state index in [4.69, 9.17) is 13.9 Å². The highest BCUT2D eigenvalue weighted by molar-refractivity contribution is 6.03. The molecular formula is C19H19N3O6. The number of amides is 1. The van der Waals surface area contributed by atoms with Crippen molar-refractivity contribution in [2.45, 2.75) is 20.4 Å². The molecule has 0 radical (unpaired) electrons. The number of aromatic nitrogens is 2. The summed E-state index contributed by atoms with van der Waals surface area (Å²) in [7, 11) is 1.49. The van der Waals surface area contributed by atoms with Gasteiger partial charge in [0.05, 0.1) is 19.4 Å². The van der Waals surface area contributed by atoms with Crippen LogP contribution in [0.1, 0.15) is 23.0 Å². The fourth-order valence-electron chi connectivity index (χ4n) is 2.79. The number of ether oxygens (including phenoxy) is 2. The van der Waals surface area contributed by atoms with Gasteiger partial charge < -0.3 is 19.2 Å². The Hall–Kier alpha value is -3.62. The van der Waals surface area contributed by atoms with E-state index in [1.807, 2.05) is 0 Å². The minimum atomic E-state index is -0.672. The van der Waals surface area contributed by atoms with Crippen LogP contribution < -0.4 is 15.6 Å². The van der Waals surface area contributed by atoms with Crippen LogP contribution in [0.5, 0.6) is 5.75 Å². The lowest BCUT2D eigenvalue weighted by atomic mass is 10.2. The van der Waals surface area contributed by atoms with E-state index in [1.54, 1.807) is 38.1 Å². The number of aryl methyl sites for hydroxylation is 1. The second-order valence-electron chi connectivity index (χ2n) is 5.86. The van der Waals surface area contributed by atoms with Gasteiger partial charge in [0.15, 0.2) is 0 Å². The molecule has 9 nitrogen and oxygen atoms in total. The highest BCUT2D eigenvalue weighted by Gasteiger charge is 2.24. The zero-order chi connectivity index (χ0) is 20.3. The van der Waals surface area contributed by atoms with Crippen LogP contribution in [-0.4, -0.2) is 35.1 Å². The van der Waals surface area contributed by atoms with Gasteiger partial charge in [-0.15, -0.1) is 0 Å². The Balaban J connectivity index is 1.92. The number of nitrogens with zero attached hydrogens (tertiary/aromatic N) is 2. The molecule has 0 aliphatic rings. The zero-order valence-corrected chi connectivity index (χ0v) is 15.6. The first-order valence-corrected chi connectivity index (χ1v) is 8.54. The lowest BCUT2D eigenvalue weighted by Crippen LogP contribution is -2.28. The van der Waals surface area contributed by atoms with Crippen LogP contribution in [0.3, 0.4) is 0 Å². The smallest absolute Gasteiger partial charge is 0.342 e. The number of anilines is 1. The molecule has 3 rings (SSSR count). The molecule has 2 aromatic heterocycles. The second kappa shape index (κ2) is 7.95. The zero-order valence-electron chi connectivity index (χ0n) is 15.6. The lowest BCUT2D eigenvalue weighted by molar-refractivity contribution is -0.116. The highest BCUT2D eigenvalue weighted by Crippen LogP contribution is 2.23. The van der Waals surface area contributed by atoms with Gasteiger partial charge >= 0.3 is 5.97 Å². The number of para-hydroxylation sites is 2. The third-order valence-electron chi connectivity index (χ3n) is 4.03. The Morgan fingerprint density at radius 2 is 2.04 bits per heavy atom. The first-order valence-electron chi connectivity index (χ1n) is 8.54. The van der Waals surface area contributed by atoms with Crippen LogP contribution in [0.25, 0.3) is 11.1 Å². The topological polar surface area (TPSA) is 113 Å². The highest BCUT2D eigenvalue weighted by atomic mass is 16.5. The summed E-state index contributed by atoms with van der Waals surface area (Å²) in [5.41, 5.74) is -0.0516. The van der Waals surface area contributed by atoms with Crippen molar-refractivity contribution in [1.29, 1.82) is 0 Å². The summed E-state index contributed by atoms with van der Waals surface area (Å²) >= 11 is 0. The Morgan fingerprint density at radius 1 is 1.29 bits per heavy atom. The predicted octanol–water partition coefficient (Wildman–Crippen LogP) is 2.12. The summed E-state index contributed by atoms with van der Waals surface area (Å²) in [6.07, 6.45) is 1.20. The van der Waals surface area contributed by atoms with Crippen LogP contribution >= 0.6 is 0 Å². The summed E-state index contributed by atoms with van der Waals surface area (Å²) in [4.78, 5) is 41.5. The quantitative estimate of drug-likeness (QED) is 0.647. The Kier molecular flexibility index (Phi) is 5.44. The van der Waals surface area contributed by atoms with Gasteiger partial charge in [-0.05, 0) is 26.0 Å². The molecule has 2 heterocycles. The molecule has 0 atom stereocenters. The Bertz CT molecular complexity index is 1100. The SMILES string of the molecule is CCOC(=O)c1c(C)oc2ncn(CC(=O)Nc3ccccc3OC)c(=O)c12. The van der Waals surface area contributed by atoms with E-state index >= 15 is 0 Å². The van der Waals surface area contributed by atoms with Gasteiger partial charge in [0.1, 0.15) is 35.3 Å². The number of carbonyl (C=O) groups is 2. The van der Waals surface area contributed by atoms with Gasteiger partial charge in [-0.1, -0.05) is 12.1 Å². The maximum atomic E-state index is 12.8. The second-order valence-corrected chi connectivity index (χ2v) is 5.86. The molecule has 3 aromatic rings. The predicted molar refractivity (Wildman–Crippen MR) is 101 cm³/mol. The summed E-state index contributed by atoms with van der Waals surface area (Å²) in [5.74, 6) is -0.402. The first kappa shape index (κ1) is 19.2. The van der Waals surface area contributed by atoms with Crippen molar-refractivity contribution >= 4 is 28.7 Å². The molecule has 146 valence electrons. The molecule has 0 spiro atoms. The standard InChI is InChI=1S/C19H19N3O6/c1-4-27-19(25)15-11(2)28-17-16(15)18(24)22(10-20-17)9-14(23)21-12-7-5-6-8-13(12)26-3/h5-8,10H,4,9H2,1-3H3,(H,21,23). The number of hydrogen-bond donors (Lipinski definition) is 1. The van der Waals surface area contributed by atoms with Crippen molar-refractivity contribution in [2.75, 3.05) is 19.0 Å². The van der Waals surface area contributed by atoms with Crippen molar-refractivity contribution in [1.82, 2.24) is 9.55 Å². The summed E-state index contributed by atoms with van der Waals surface area (Å²) in [6, 6.07) is 6.90. The minimum absolute atomic E-state index is 0.0106. The van der Waals surface area contributed by atoms with Gasteiger partial charge in [-0.3, -0.25) is 14.2 Å².